The van der Waals surface area contributed by atoms with Crippen LogP contribution in [0.4, 0.5) is 11.4 Å². The van der Waals surface area contributed by atoms with Crippen molar-refractivity contribution in [3.8, 4) is 5.75 Å². The molecule has 0 spiro atoms. The quantitative estimate of drug-likeness (QED) is 0.528. The first-order chi connectivity index (χ1) is 14.8. The molecule has 31 heavy (non-hydrogen) atoms. The van der Waals surface area contributed by atoms with E-state index in [1.807, 2.05) is 19.1 Å². The molecule has 0 aliphatic heterocycles. The van der Waals surface area contributed by atoms with Crippen LogP contribution in [-0.4, -0.2) is 28.0 Å². The number of sulfonamides is 1. The van der Waals surface area contributed by atoms with E-state index in [9.17, 15) is 13.2 Å². The van der Waals surface area contributed by atoms with Gasteiger partial charge >= 0.3 is 0 Å². The second-order valence-electron chi connectivity index (χ2n) is 6.75. The molecule has 0 aromatic heterocycles. The highest BCUT2D eigenvalue weighted by Gasteiger charge is 2.21. The van der Waals surface area contributed by atoms with Crippen LogP contribution in [0.15, 0.2) is 77.7 Å². The van der Waals surface area contributed by atoms with Gasteiger partial charge in [0.15, 0.2) is 0 Å². The average molecular weight is 459 g/mol. The van der Waals surface area contributed by atoms with Gasteiger partial charge in [0, 0.05) is 12.1 Å². The predicted octanol–water partition coefficient (Wildman–Crippen LogP) is 4.75. The molecule has 8 heteroatoms. The molecule has 0 saturated heterocycles. The monoisotopic (exact) mass is 458 g/mol. The number of anilines is 2. The first-order valence-corrected chi connectivity index (χ1v) is 11.5. The van der Waals surface area contributed by atoms with E-state index in [4.69, 9.17) is 16.3 Å². The summed E-state index contributed by atoms with van der Waals surface area (Å²) < 4.78 is 32.3. The number of nitrogens with zero attached hydrogens (tertiary/aromatic N) is 1. The van der Waals surface area contributed by atoms with Crippen molar-refractivity contribution in [2.24, 2.45) is 0 Å². The first kappa shape index (κ1) is 22.7. The van der Waals surface area contributed by atoms with E-state index in [0.29, 0.717) is 28.8 Å². The van der Waals surface area contributed by atoms with E-state index >= 15 is 0 Å². The van der Waals surface area contributed by atoms with Crippen molar-refractivity contribution in [1.82, 2.24) is 0 Å². The molecule has 3 aromatic rings. The summed E-state index contributed by atoms with van der Waals surface area (Å²) >= 11 is 5.84. The molecule has 0 aliphatic rings. The fourth-order valence-electron chi connectivity index (χ4n) is 2.96. The van der Waals surface area contributed by atoms with E-state index in [0.717, 1.165) is 5.56 Å². The number of halogens is 1. The molecule has 162 valence electrons. The fraction of sp³-hybridized carbons (Fsp3) is 0.174. The standard InChI is InChI=1S/C23H23ClN2O4S/c1-3-30-22-7-5-4-6-21(22)25-23(27)16-17-8-12-19(13-9-17)26(2)31(28,29)20-14-10-18(24)11-15-20/h4-15H,3,16H2,1-2H3,(H,25,27). The van der Waals surface area contributed by atoms with Crippen molar-refractivity contribution in [2.45, 2.75) is 18.2 Å². The Bertz CT molecular complexity index is 1150. The SMILES string of the molecule is CCOc1ccccc1NC(=O)Cc1ccc(N(C)S(=O)(=O)c2ccc(Cl)cc2)cc1. The third kappa shape index (κ3) is 5.57. The maximum absolute atomic E-state index is 12.8. The summed E-state index contributed by atoms with van der Waals surface area (Å²) in [6.45, 7) is 2.38. The summed E-state index contributed by atoms with van der Waals surface area (Å²) in [6, 6.07) is 20.1. The van der Waals surface area contributed by atoms with Gasteiger partial charge in [-0.05, 0) is 61.0 Å². The molecule has 3 rings (SSSR count). The summed E-state index contributed by atoms with van der Waals surface area (Å²) in [7, 11) is -2.23. The molecule has 0 aliphatic carbocycles. The lowest BCUT2D eigenvalue weighted by molar-refractivity contribution is -0.115. The van der Waals surface area contributed by atoms with Gasteiger partial charge in [0.25, 0.3) is 10.0 Å². The highest BCUT2D eigenvalue weighted by atomic mass is 35.5. The van der Waals surface area contributed by atoms with Crippen LogP contribution < -0.4 is 14.4 Å². The normalized spacial score (nSPS) is 11.1. The number of nitrogens with one attached hydrogen (secondary N) is 1. The number of hydrogen-bond acceptors (Lipinski definition) is 4. The second kappa shape index (κ2) is 9.85. The summed E-state index contributed by atoms with van der Waals surface area (Å²) in [4.78, 5) is 12.6. The number of carbonyl (C=O) groups excluding carboxylic acids is 1. The molecule has 0 unspecified atom stereocenters. The van der Waals surface area contributed by atoms with Crippen molar-refractivity contribution in [1.29, 1.82) is 0 Å². The highest BCUT2D eigenvalue weighted by Crippen LogP contribution is 2.25. The van der Waals surface area contributed by atoms with E-state index < -0.39 is 10.0 Å². The summed E-state index contributed by atoms with van der Waals surface area (Å²) in [5.74, 6) is 0.421. The number of hydrogen-bond donors (Lipinski definition) is 1. The number of benzene rings is 3. The summed E-state index contributed by atoms with van der Waals surface area (Å²) in [6.07, 6.45) is 0.147. The minimum atomic E-state index is -3.71. The van der Waals surface area contributed by atoms with Crippen LogP contribution in [-0.2, 0) is 21.2 Å². The lowest BCUT2D eigenvalue weighted by Gasteiger charge is -2.20. The minimum absolute atomic E-state index is 0.147. The second-order valence-corrected chi connectivity index (χ2v) is 9.15. The topological polar surface area (TPSA) is 75.7 Å². The Balaban J connectivity index is 1.68. The van der Waals surface area contributed by atoms with Gasteiger partial charge in [-0.15, -0.1) is 0 Å². The average Bonchev–Trinajstić information content (AvgIpc) is 2.75. The number of carbonyl (C=O) groups is 1. The smallest absolute Gasteiger partial charge is 0.264 e. The summed E-state index contributed by atoms with van der Waals surface area (Å²) in [5.41, 5.74) is 1.85. The lowest BCUT2D eigenvalue weighted by Crippen LogP contribution is -2.26. The molecule has 1 N–H and O–H groups in total. The Hall–Kier alpha value is -3.03. The van der Waals surface area contributed by atoms with Gasteiger partial charge < -0.3 is 10.1 Å². The van der Waals surface area contributed by atoms with Crippen molar-refractivity contribution in [3.63, 3.8) is 0 Å². The fourth-order valence-corrected chi connectivity index (χ4v) is 4.28. The molecule has 0 fully saturated rings. The third-order valence-electron chi connectivity index (χ3n) is 4.60. The Labute approximate surface area is 187 Å². The molecule has 0 bridgehead atoms. The summed E-state index contributed by atoms with van der Waals surface area (Å²) in [5, 5.41) is 3.32. The van der Waals surface area contributed by atoms with Crippen LogP contribution in [0.3, 0.4) is 0 Å². The van der Waals surface area contributed by atoms with Crippen molar-refractivity contribution >= 4 is 38.9 Å². The first-order valence-electron chi connectivity index (χ1n) is 9.66. The Morgan fingerprint density at radius 3 is 2.29 bits per heavy atom. The predicted molar refractivity (Wildman–Crippen MR) is 123 cm³/mol. The molecule has 1 amide bonds. The van der Waals surface area contributed by atoms with Gasteiger partial charge in [0.2, 0.25) is 5.91 Å². The maximum atomic E-state index is 12.8. The van der Waals surface area contributed by atoms with Crippen LogP contribution >= 0.6 is 11.6 Å². The van der Waals surface area contributed by atoms with Crippen molar-refractivity contribution in [2.75, 3.05) is 23.3 Å². The number of ether oxygens (including phenoxy) is 1. The minimum Gasteiger partial charge on any atom is -0.492 e. The lowest BCUT2D eigenvalue weighted by atomic mass is 10.1. The molecule has 0 atom stereocenters. The number of amides is 1. The molecule has 0 heterocycles. The van der Waals surface area contributed by atoms with E-state index in [2.05, 4.69) is 5.32 Å². The van der Waals surface area contributed by atoms with Gasteiger partial charge in [-0.25, -0.2) is 8.42 Å². The van der Waals surface area contributed by atoms with Crippen LogP contribution in [0, 0.1) is 0 Å². The number of rotatable bonds is 8. The molecular weight excluding hydrogens is 436 g/mol. The zero-order valence-electron chi connectivity index (χ0n) is 17.2. The van der Waals surface area contributed by atoms with Gasteiger partial charge in [0.05, 0.1) is 29.3 Å². The maximum Gasteiger partial charge on any atom is 0.264 e. The molecule has 3 aromatic carbocycles. The zero-order chi connectivity index (χ0) is 22.4. The molecule has 6 nitrogen and oxygen atoms in total. The van der Waals surface area contributed by atoms with E-state index in [1.54, 1.807) is 36.4 Å². The Morgan fingerprint density at radius 2 is 1.65 bits per heavy atom. The third-order valence-corrected chi connectivity index (χ3v) is 6.65. The van der Waals surface area contributed by atoms with Gasteiger partial charge in [-0.3, -0.25) is 9.10 Å². The van der Waals surface area contributed by atoms with E-state index in [-0.39, 0.29) is 17.2 Å². The van der Waals surface area contributed by atoms with Crippen LogP contribution in [0.25, 0.3) is 0 Å². The van der Waals surface area contributed by atoms with Crippen molar-refractivity contribution < 1.29 is 17.9 Å². The van der Waals surface area contributed by atoms with Gasteiger partial charge in [-0.2, -0.15) is 0 Å². The Kier molecular flexibility index (Phi) is 7.20. The largest absolute Gasteiger partial charge is 0.492 e. The molecule has 0 radical (unpaired) electrons. The van der Waals surface area contributed by atoms with Crippen LogP contribution in [0.2, 0.25) is 5.02 Å². The highest BCUT2D eigenvalue weighted by molar-refractivity contribution is 7.92. The van der Waals surface area contributed by atoms with E-state index in [1.165, 1.54) is 35.6 Å². The zero-order valence-corrected chi connectivity index (χ0v) is 18.8. The van der Waals surface area contributed by atoms with Crippen LogP contribution in [0.1, 0.15) is 12.5 Å². The van der Waals surface area contributed by atoms with Crippen LogP contribution in [0.5, 0.6) is 5.75 Å². The van der Waals surface area contributed by atoms with Gasteiger partial charge in [-0.1, -0.05) is 35.9 Å². The Morgan fingerprint density at radius 1 is 1.00 bits per heavy atom. The number of para-hydroxylation sites is 2. The van der Waals surface area contributed by atoms with Crippen molar-refractivity contribution in [3.05, 3.63) is 83.4 Å². The van der Waals surface area contributed by atoms with Gasteiger partial charge in [0.1, 0.15) is 5.75 Å². The molecular formula is C23H23ClN2O4S. The molecule has 0 saturated carbocycles.